The van der Waals surface area contributed by atoms with Crippen molar-refractivity contribution < 1.29 is 0 Å². The molecule has 0 aromatic carbocycles. The Morgan fingerprint density at radius 1 is 1.29 bits per heavy atom. The molecule has 0 aliphatic heterocycles. The highest BCUT2D eigenvalue weighted by Gasteiger charge is 1.82. The summed E-state index contributed by atoms with van der Waals surface area (Å²) < 4.78 is 1.11. The van der Waals surface area contributed by atoms with Crippen molar-refractivity contribution in [2.75, 3.05) is 0 Å². The Morgan fingerprint density at radius 3 is 2.07 bits per heavy atom. The molecular weight excluding hydrogens is 188 g/mol. The number of thiophene rings is 1. The molecular formula is C13H22S. The van der Waals surface area contributed by atoms with Crippen LogP contribution in [0.15, 0.2) is 23.6 Å². The van der Waals surface area contributed by atoms with Crippen molar-refractivity contribution in [1.82, 2.24) is 0 Å². The molecule has 0 bridgehead atoms. The lowest BCUT2D eigenvalue weighted by molar-refractivity contribution is 1.50. The molecule has 0 spiro atoms. The van der Waals surface area contributed by atoms with E-state index in [1.165, 1.54) is 5.22 Å². The summed E-state index contributed by atoms with van der Waals surface area (Å²) >= 11 is 1.66. The zero-order chi connectivity index (χ0) is 11.6. The molecule has 1 heterocycles. The third kappa shape index (κ3) is 6.67. The van der Waals surface area contributed by atoms with E-state index >= 15 is 0 Å². The first-order valence-electron chi connectivity index (χ1n) is 5.10. The number of hydrogen-bond donors (Lipinski definition) is 0. The second kappa shape index (κ2) is 10.3. The van der Waals surface area contributed by atoms with Crippen LogP contribution in [-0.2, 0) is 0 Å². The number of rotatable bonds is 1. The monoisotopic (exact) mass is 210 g/mol. The first-order valence-corrected chi connectivity index (χ1v) is 5.98. The quantitative estimate of drug-likeness (QED) is 0.665. The normalized spacial score (nSPS) is 9.36. The molecule has 1 heteroatoms. The second-order valence-corrected chi connectivity index (χ2v) is 3.29. The average molecular weight is 210 g/mol. The largest absolute Gasteiger partial charge is 0.144 e. The summed E-state index contributed by atoms with van der Waals surface area (Å²) in [4.78, 5) is 0. The van der Waals surface area contributed by atoms with Gasteiger partial charge in [0.2, 0.25) is 0 Å². The Morgan fingerprint density at radius 2 is 1.79 bits per heavy atom. The van der Waals surface area contributed by atoms with Gasteiger partial charge in [-0.3, -0.25) is 0 Å². The van der Waals surface area contributed by atoms with Gasteiger partial charge in [0.15, 0.2) is 0 Å². The van der Waals surface area contributed by atoms with Crippen LogP contribution in [0.3, 0.4) is 0 Å². The van der Waals surface area contributed by atoms with E-state index in [1.54, 1.807) is 11.3 Å². The van der Waals surface area contributed by atoms with Crippen molar-refractivity contribution in [2.45, 2.75) is 34.6 Å². The van der Waals surface area contributed by atoms with E-state index in [4.69, 9.17) is 0 Å². The van der Waals surface area contributed by atoms with Crippen molar-refractivity contribution in [3.63, 3.8) is 0 Å². The van der Waals surface area contributed by atoms with Crippen LogP contribution in [0, 0.1) is 0 Å². The van der Waals surface area contributed by atoms with E-state index in [0.717, 1.165) is 10.1 Å². The van der Waals surface area contributed by atoms with Crippen molar-refractivity contribution in [3.8, 4) is 0 Å². The Hall–Kier alpha value is -0.820. The minimum Gasteiger partial charge on any atom is -0.144 e. The molecule has 14 heavy (non-hydrogen) atoms. The van der Waals surface area contributed by atoms with E-state index < -0.39 is 0 Å². The number of allylic oxidation sites excluding steroid dienone is 1. The van der Waals surface area contributed by atoms with Crippen LogP contribution in [-0.4, -0.2) is 0 Å². The Bertz CT molecular complexity index is 330. The lowest BCUT2D eigenvalue weighted by Gasteiger charge is -1.80. The molecule has 0 saturated heterocycles. The van der Waals surface area contributed by atoms with Crippen LogP contribution in [0.25, 0.3) is 12.7 Å². The van der Waals surface area contributed by atoms with Crippen LogP contribution >= 0.6 is 11.3 Å². The SMILES string of the molecule is C=C(C)/C=c1/ccsc1=C.CC.CC. The third-order valence-electron chi connectivity index (χ3n) is 1.18. The van der Waals surface area contributed by atoms with Crippen LogP contribution in [0.1, 0.15) is 34.6 Å². The van der Waals surface area contributed by atoms with Gasteiger partial charge in [0.05, 0.1) is 0 Å². The van der Waals surface area contributed by atoms with Crippen molar-refractivity contribution in [1.29, 1.82) is 0 Å². The molecule has 0 aliphatic carbocycles. The maximum absolute atomic E-state index is 3.88. The molecule has 0 N–H and O–H groups in total. The van der Waals surface area contributed by atoms with Crippen LogP contribution in [0.2, 0.25) is 0 Å². The summed E-state index contributed by atoms with van der Waals surface area (Å²) in [6, 6.07) is 2.06. The molecule has 80 valence electrons. The van der Waals surface area contributed by atoms with Gasteiger partial charge in [-0.2, -0.15) is 0 Å². The summed E-state index contributed by atoms with van der Waals surface area (Å²) in [5.74, 6) is 0. The fourth-order valence-electron chi connectivity index (χ4n) is 0.745. The zero-order valence-corrected chi connectivity index (χ0v) is 10.9. The molecule has 1 rings (SSSR count). The van der Waals surface area contributed by atoms with Crippen LogP contribution in [0.5, 0.6) is 0 Å². The zero-order valence-electron chi connectivity index (χ0n) is 10.1. The van der Waals surface area contributed by atoms with Gasteiger partial charge in [-0.15, -0.1) is 11.3 Å². The number of hydrogen-bond acceptors (Lipinski definition) is 1. The van der Waals surface area contributed by atoms with Crippen LogP contribution < -0.4 is 9.75 Å². The first-order chi connectivity index (χ1) is 6.70. The molecule has 0 nitrogen and oxygen atoms in total. The smallest absolute Gasteiger partial charge is 0.0270 e. The molecule has 0 radical (unpaired) electrons. The van der Waals surface area contributed by atoms with Crippen molar-refractivity contribution in [2.24, 2.45) is 0 Å². The average Bonchev–Trinajstić information content (AvgIpc) is 2.58. The van der Waals surface area contributed by atoms with Gasteiger partial charge >= 0.3 is 0 Å². The maximum atomic E-state index is 3.88. The van der Waals surface area contributed by atoms with Crippen molar-refractivity contribution in [3.05, 3.63) is 33.3 Å². The fraction of sp³-hybridized carbons (Fsp3) is 0.385. The molecule has 1 aromatic heterocycles. The predicted octanol–water partition coefficient (Wildman–Crippen LogP) is 3.57. The molecule has 0 unspecified atom stereocenters. The molecule has 0 amide bonds. The van der Waals surface area contributed by atoms with E-state index in [2.05, 4.69) is 19.2 Å². The minimum absolute atomic E-state index is 1.07. The highest BCUT2D eigenvalue weighted by atomic mass is 32.1. The lowest BCUT2D eigenvalue weighted by Crippen LogP contribution is -2.15. The highest BCUT2D eigenvalue weighted by molar-refractivity contribution is 7.07. The van der Waals surface area contributed by atoms with Crippen molar-refractivity contribution >= 4 is 24.0 Å². The summed E-state index contributed by atoms with van der Waals surface area (Å²) in [6.45, 7) is 17.7. The van der Waals surface area contributed by atoms with Gasteiger partial charge in [0.1, 0.15) is 0 Å². The highest BCUT2D eigenvalue weighted by Crippen LogP contribution is 1.87. The Balaban J connectivity index is 0. The van der Waals surface area contributed by atoms with Gasteiger partial charge in [-0.1, -0.05) is 52.5 Å². The van der Waals surface area contributed by atoms with Crippen LogP contribution in [0.4, 0.5) is 0 Å². The standard InChI is InChI=1S/C9H10S.2C2H6/c1-7(2)6-9-4-5-10-8(9)3;2*1-2/h4-6H,1,3H2,2H3;2*1-2H3/b9-6-;;. The first kappa shape index (κ1) is 15.6. The van der Waals surface area contributed by atoms with E-state index in [9.17, 15) is 0 Å². The fourth-order valence-corrected chi connectivity index (χ4v) is 1.39. The van der Waals surface area contributed by atoms with Gasteiger partial charge in [-0.25, -0.2) is 0 Å². The maximum Gasteiger partial charge on any atom is 0.0270 e. The summed E-state index contributed by atoms with van der Waals surface area (Å²) in [7, 11) is 0. The topological polar surface area (TPSA) is 0 Å². The summed E-state index contributed by atoms with van der Waals surface area (Å²) in [5.41, 5.74) is 1.07. The Labute approximate surface area is 92.3 Å². The van der Waals surface area contributed by atoms with Gasteiger partial charge in [0, 0.05) is 4.53 Å². The van der Waals surface area contributed by atoms with E-state index in [1.807, 2.05) is 46.1 Å². The molecule has 1 aromatic rings. The molecule has 0 atom stereocenters. The molecule has 0 aliphatic rings. The Kier molecular flexibility index (Phi) is 11.5. The second-order valence-electron chi connectivity index (χ2n) is 2.29. The molecule has 0 saturated carbocycles. The van der Waals surface area contributed by atoms with E-state index in [-0.39, 0.29) is 0 Å². The summed E-state index contributed by atoms with van der Waals surface area (Å²) in [5, 5.41) is 3.23. The minimum atomic E-state index is 1.07. The summed E-state index contributed by atoms with van der Waals surface area (Å²) in [6.07, 6.45) is 2.04. The predicted molar refractivity (Wildman–Crippen MR) is 71.1 cm³/mol. The lowest BCUT2D eigenvalue weighted by atomic mass is 10.3. The molecule has 0 fully saturated rings. The van der Waals surface area contributed by atoms with Gasteiger partial charge in [0.25, 0.3) is 0 Å². The third-order valence-corrected chi connectivity index (χ3v) is 1.97. The van der Waals surface area contributed by atoms with E-state index in [0.29, 0.717) is 0 Å². The van der Waals surface area contributed by atoms with Gasteiger partial charge < -0.3 is 0 Å². The van der Waals surface area contributed by atoms with Gasteiger partial charge in [-0.05, 0) is 23.6 Å².